The van der Waals surface area contributed by atoms with Gasteiger partial charge < -0.3 is 4.57 Å². The SMILES string of the molecule is Cc1cc(-n2c3c(C)c(C)c(C)c(C)c3c3c(C)c(C)c(C)c(C)c32)c(-c2cc(-c3ccccc3)nc(-c3ccccc3)n2)cc1-c1cc(-c2ccccc2)nc(-c2ccccc2)n1. The van der Waals surface area contributed by atoms with E-state index in [0.29, 0.717) is 11.6 Å². The number of hydrogen-bond donors (Lipinski definition) is 0. The fourth-order valence-electron chi connectivity index (χ4n) is 9.58. The Labute approximate surface area is 376 Å². The Bertz CT molecular complexity index is 3250. The second-order valence-electron chi connectivity index (χ2n) is 17.4. The van der Waals surface area contributed by atoms with Crippen LogP contribution in [-0.2, 0) is 0 Å². The van der Waals surface area contributed by atoms with Crippen LogP contribution in [0, 0.1) is 62.3 Å². The molecule has 0 radical (unpaired) electrons. The smallest absolute Gasteiger partial charge is 0.160 e. The molecule has 7 aromatic carbocycles. The van der Waals surface area contributed by atoms with E-state index in [1.165, 1.54) is 66.3 Å². The predicted molar refractivity (Wildman–Crippen MR) is 267 cm³/mol. The molecule has 0 saturated heterocycles. The van der Waals surface area contributed by atoms with Crippen molar-refractivity contribution >= 4 is 21.8 Å². The van der Waals surface area contributed by atoms with Crippen molar-refractivity contribution in [1.82, 2.24) is 24.5 Å². The van der Waals surface area contributed by atoms with Gasteiger partial charge in [-0.3, -0.25) is 0 Å². The maximum atomic E-state index is 5.51. The zero-order chi connectivity index (χ0) is 44.4. The molecule has 3 aromatic heterocycles. The summed E-state index contributed by atoms with van der Waals surface area (Å²) in [4.78, 5) is 21.3. The molecule has 0 aliphatic heterocycles. The molecule has 0 spiro atoms. The Balaban J connectivity index is 1.37. The third kappa shape index (κ3) is 6.71. The molecule has 5 nitrogen and oxygen atoms in total. The highest BCUT2D eigenvalue weighted by Crippen LogP contribution is 2.46. The Morgan fingerprint density at radius 1 is 0.312 bits per heavy atom. The van der Waals surface area contributed by atoms with E-state index in [4.69, 9.17) is 19.9 Å². The fraction of sp³-hybridized carbons (Fsp3) is 0.153. The third-order valence-electron chi connectivity index (χ3n) is 13.8. The van der Waals surface area contributed by atoms with Gasteiger partial charge in [0.15, 0.2) is 11.6 Å². The first kappa shape index (κ1) is 40.6. The Morgan fingerprint density at radius 2 is 0.656 bits per heavy atom. The average Bonchev–Trinajstić information content (AvgIpc) is 3.71. The van der Waals surface area contributed by atoms with Gasteiger partial charge in [0.25, 0.3) is 0 Å². The molecule has 0 N–H and O–H groups in total. The number of rotatable bonds is 7. The highest BCUT2D eigenvalue weighted by Gasteiger charge is 2.27. The minimum atomic E-state index is 0.670. The minimum Gasteiger partial charge on any atom is -0.308 e. The maximum Gasteiger partial charge on any atom is 0.160 e. The molecule has 0 saturated carbocycles. The van der Waals surface area contributed by atoms with Crippen molar-refractivity contribution in [1.29, 1.82) is 0 Å². The van der Waals surface area contributed by atoms with Gasteiger partial charge in [0.05, 0.1) is 39.5 Å². The van der Waals surface area contributed by atoms with Gasteiger partial charge in [-0.15, -0.1) is 0 Å². The van der Waals surface area contributed by atoms with Crippen molar-refractivity contribution < 1.29 is 0 Å². The molecule has 0 aliphatic carbocycles. The van der Waals surface area contributed by atoms with E-state index in [-0.39, 0.29) is 0 Å². The number of nitrogens with zero attached hydrogens (tertiary/aromatic N) is 5. The quantitative estimate of drug-likeness (QED) is 0.161. The largest absolute Gasteiger partial charge is 0.308 e. The molecule has 312 valence electrons. The molecular formula is C59H51N5. The minimum absolute atomic E-state index is 0.670. The van der Waals surface area contributed by atoms with Crippen molar-refractivity contribution in [2.24, 2.45) is 0 Å². The summed E-state index contributed by atoms with van der Waals surface area (Å²) in [5.41, 5.74) is 24.5. The van der Waals surface area contributed by atoms with Crippen LogP contribution in [0.15, 0.2) is 146 Å². The molecule has 5 heteroatoms. The fourth-order valence-corrected chi connectivity index (χ4v) is 9.58. The molecule has 3 heterocycles. The monoisotopic (exact) mass is 829 g/mol. The second kappa shape index (κ2) is 16.0. The number of aromatic nitrogens is 5. The van der Waals surface area contributed by atoms with Crippen LogP contribution in [0.3, 0.4) is 0 Å². The lowest BCUT2D eigenvalue weighted by molar-refractivity contribution is 1.11. The highest BCUT2D eigenvalue weighted by atomic mass is 15.0. The molecule has 64 heavy (non-hydrogen) atoms. The van der Waals surface area contributed by atoms with Crippen molar-refractivity contribution in [3.63, 3.8) is 0 Å². The lowest BCUT2D eigenvalue weighted by Crippen LogP contribution is -2.06. The number of aryl methyl sites for hydroxylation is 5. The van der Waals surface area contributed by atoms with Crippen molar-refractivity contribution in [2.75, 3.05) is 0 Å². The summed E-state index contributed by atoms with van der Waals surface area (Å²) in [6.07, 6.45) is 0. The molecule has 0 amide bonds. The zero-order valence-electron chi connectivity index (χ0n) is 38.1. The second-order valence-corrected chi connectivity index (χ2v) is 17.4. The summed E-state index contributed by atoms with van der Waals surface area (Å²) in [5, 5.41) is 2.64. The number of fused-ring (bicyclic) bond motifs is 3. The average molecular weight is 830 g/mol. The van der Waals surface area contributed by atoms with E-state index in [2.05, 4.69) is 176 Å². The molecule has 0 bridgehead atoms. The number of hydrogen-bond acceptors (Lipinski definition) is 4. The van der Waals surface area contributed by atoms with Gasteiger partial charge in [-0.25, -0.2) is 19.9 Å². The van der Waals surface area contributed by atoms with Crippen molar-refractivity contribution in [3.8, 4) is 73.5 Å². The van der Waals surface area contributed by atoms with Crippen LogP contribution >= 0.6 is 0 Å². The van der Waals surface area contributed by atoms with Crippen LogP contribution in [-0.4, -0.2) is 24.5 Å². The van der Waals surface area contributed by atoms with Gasteiger partial charge in [-0.05, 0) is 137 Å². The van der Waals surface area contributed by atoms with E-state index in [1.54, 1.807) is 0 Å². The van der Waals surface area contributed by atoms with Gasteiger partial charge in [0.1, 0.15) is 0 Å². The molecule has 0 fully saturated rings. The van der Waals surface area contributed by atoms with Crippen LogP contribution < -0.4 is 0 Å². The van der Waals surface area contributed by atoms with Gasteiger partial charge in [0, 0.05) is 44.2 Å². The zero-order valence-corrected chi connectivity index (χ0v) is 38.1. The predicted octanol–water partition coefficient (Wildman–Crippen LogP) is 15.1. The summed E-state index contributed by atoms with van der Waals surface area (Å²) in [6.45, 7) is 20.5. The summed E-state index contributed by atoms with van der Waals surface area (Å²) >= 11 is 0. The van der Waals surface area contributed by atoms with Gasteiger partial charge in [-0.1, -0.05) is 121 Å². The van der Waals surface area contributed by atoms with Crippen LogP contribution in [0.5, 0.6) is 0 Å². The van der Waals surface area contributed by atoms with Crippen LogP contribution in [0.2, 0.25) is 0 Å². The molecule has 0 atom stereocenters. The summed E-state index contributed by atoms with van der Waals surface area (Å²) < 4.78 is 2.57. The summed E-state index contributed by atoms with van der Waals surface area (Å²) in [7, 11) is 0. The molecule has 0 unspecified atom stereocenters. The third-order valence-corrected chi connectivity index (χ3v) is 13.8. The van der Waals surface area contributed by atoms with Crippen LogP contribution in [0.1, 0.15) is 50.1 Å². The lowest BCUT2D eigenvalue weighted by atomic mass is 9.90. The van der Waals surface area contributed by atoms with E-state index in [0.717, 1.165) is 67.4 Å². The topological polar surface area (TPSA) is 56.5 Å². The van der Waals surface area contributed by atoms with Crippen molar-refractivity contribution in [3.05, 3.63) is 196 Å². The molecular weight excluding hydrogens is 779 g/mol. The van der Waals surface area contributed by atoms with E-state index >= 15 is 0 Å². The van der Waals surface area contributed by atoms with E-state index in [9.17, 15) is 0 Å². The first-order valence-electron chi connectivity index (χ1n) is 22.2. The Hall–Kier alpha value is -7.50. The Kier molecular flexibility index (Phi) is 10.1. The van der Waals surface area contributed by atoms with E-state index in [1.807, 2.05) is 36.4 Å². The summed E-state index contributed by atoms with van der Waals surface area (Å²) in [6, 6.07) is 50.4. The molecule has 10 aromatic rings. The Morgan fingerprint density at radius 3 is 1.06 bits per heavy atom. The van der Waals surface area contributed by atoms with E-state index < -0.39 is 0 Å². The summed E-state index contributed by atoms with van der Waals surface area (Å²) in [5.74, 6) is 1.35. The standard InChI is InChI=1S/C59H51N5/c1-34-30-53(64-56-41(8)37(4)35(2)39(6)54(56)55-40(7)36(3)38(5)42(9)57(55)64)48(52-33-50(44-24-16-11-17-25-44)61-59(63-52)46-28-20-13-21-29-46)31-47(34)51-32-49(43-22-14-10-15-23-43)60-58(62-51)45-26-18-12-19-27-45/h10-33H,1-9H3. The van der Waals surface area contributed by atoms with Crippen molar-refractivity contribution in [2.45, 2.75) is 62.3 Å². The highest BCUT2D eigenvalue weighted by molar-refractivity contribution is 6.16. The van der Waals surface area contributed by atoms with Crippen LogP contribution in [0.25, 0.3) is 95.3 Å². The lowest BCUT2D eigenvalue weighted by Gasteiger charge is -2.21. The number of benzene rings is 7. The van der Waals surface area contributed by atoms with Gasteiger partial charge in [-0.2, -0.15) is 0 Å². The normalized spacial score (nSPS) is 11.5. The molecule has 0 aliphatic rings. The molecule has 10 rings (SSSR count). The first-order chi connectivity index (χ1) is 31.0. The van der Waals surface area contributed by atoms with Crippen LogP contribution in [0.4, 0.5) is 0 Å². The first-order valence-corrected chi connectivity index (χ1v) is 22.2. The maximum absolute atomic E-state index is 5.51. The van der Waals surface area contributed by atoms with Gasteiger partial charge >= 0.3 is 0 Å². The van der Waals surface area contributed by atoms with Gasteiger partial charge in [0.2, 0.25) is 0 Å².